The second-order valence-corrected chi connectivity index (χ2v) is 5.55. The van der Waals surface area contributed by atoms with Crippen LogP contribution < -0.4 is 11.1 Å². The molecule has 138 valence electrons. The Balaban J connectivity index is 3.36. The fraction of sp³-hybridized carbons (Fsp3) is 0.0870. The number of ketones is 1. The van der Waals surface area contributed by atoms with E-state index in [0.29, 0.717) is 5.69 Å². The number of nitrogens with one attached hydrogen (secondary N) is 1. The van der Waals surface area contributed by atoms with E-state index < -0.39 is 6.10 Å². The lowest BCUT2D eigenvalue weighted by Crippen LogP contribution is -2.16. The average molecular weight is 360 g/mol. The van der Waals surface area contributed by atoms with E-state index in [9.17, 15) is 9.90 Å². The number of aliphatic hydroxyl groups excluding tert-OH is 1. The lowest BCUT2D eigenvalue weighted by Gasteiger charge is -2.15. The van der Waals surface area contributed by atoms with Crippen molar-refractivity contribution in [2.75, 3.05) is 5.32 Å². The van der Waals surface area contributed by atoms with E-state index in [0.717, 1.165) is 28.4 Å². The van der Waals surface area contributed by atoms with Crippen LogP contribution in [0.2, 0.25) is 0 Å². The molecular weight excluding hydrogens is 336 g/mol. The van der Waals surface area contributed by atoms with Crippen molar-refractivity contribution in [3.05, 3.63) is 96.9 Å². The molecule has 0 aliphatic heterocycles. The minimum Gasteiger partial charge on any atom is -0.404 e. The first-order chi connectivity index (χ1) is 12.9. The van der Waals surface area contributed by atoms with Crippen LogP contribution in [-0.4, -0.2) is 17.0 Å². The van der Waals surface area contributed by atoms with Crippen LogP contribution in [0, 0.1) is 12.3 Å². The predicted octanol–water partition coefficient (Wildman–Crippen LogP) is 3.72. The largest absolute Gasteiger partial charge is 0.404 e. The van der Waals surface area contributed by atoms with Gasteiger partial charge in [-0.2, -0.15) is 0 Å². The molecule has 0 aliphatic carbocycles. The first kappa shape index (κ1) is 21.5. The summed E-state index contributed by atoms with van der Waals surface area (Å²) in [5.41, 5.74) is 9.97. The molecule has 0 amide bonds. The summed E-state index contributed by atoms with van der Waals surface area (Å²) in [6.45, 7) is 13.0. The van der Waals surface area contributed by atoms with Crippen molar-refractivity contribution >= 4 is 17.0 Å². The Morgan fingerprint density at radius 1 is 1.30 bits per heavy atom. The van der Waals surface area contributed by atoms with Gasteiger partial charge in [0.1, 0.15) is 0 Å². The molecule has 1 aromatic carbocycles. The molecule has 4 nitrogen and oxygen atoms in total. The highest BCUT2D eigenvalue weighted by Gasteiger charge is 2.11. The van der Waals surface area contributed by atoms with Gasteiger partial charge in [-0.25, -0.2) is 0 Å². The molecule has 0 saturated carbocycles. The van der Waals surface area contributed by atoms with Gasteiger partial charge in [-0.15, -0.1) is 6.42 Å². The number of anilines is 1. The van der Waals surface area contributed by atoms with Crippen molar-refractivity contribution in [2.24, 2.45) is 5.73 Å². The number of carbonyl (C=O) groups is 1. The fourth-order valence-electron chi connectivity index (χ4n) is 2.39. The highest BCUT2D eigenvalue weighted by Crippen LogP contribution is 2.27. The summed E-state index contributed by atoms with van der Waals surface area (Å²) in [5, 5.41) is 13.0. The number of carbonyl (C=O) groups excluding carboxylic acids is 1. The highest BCUT2D eigenvalue weighted by atomic mass is 16.3. The Morgan fingerprint density at radius 2 is 2.00 bits per heavy atom. The zero-order chi connectivity index (χ0) is 20.4. The minimum absolute atomic E-state index is 0.193. The van der Waals surface area contributed by atoms with Crippen LogP contribution in [0.4, 0.5) is 5.69 Å². The van der Waals surface area contributed by atoms with Crippen molar-refractivity contribution in [2.45, 2.75) is 13.0 Å². The van der Waals surface area contributed by atoms with Gasteiger partial charge in [0.15, 0.2) is 11.9 Å². The van der Waals surface area contributed by atoms with E-state index in [1.165, 1.54) is 12.3 Å². The standard InChI is InChI=1S/C23H24N2O2/c1-6-17(15-24)21(8-3)16(5)18-11-10-12-19(13-18)25-22(23(27)9-4)14-20(26)7-2/h4,6-8,10-15,23,25,27H,1-3,24H2,5H3/b17-15-,21-16+,22-14-. The molecule has 0 fully saturated rings. The zero-order valence-electron chi connectivity index (χ0n) is 15.4. The van der Waals surface area contributed by atoms with Crippen molar-refractivity contribution in [1.82, 2.24) is 0 Å². The Hall–Kier alpha value is -3.55. The molecule has 0 aromatic heterocycles. The molecule has 1 rings (SSSR count). The number of rotatable bonds is 9. The maximum atomic E-state index is 11.6. The number of benzene rings is 1. The summed E-state index contributed by atoms with van der Waals surface area (Å²) in [6, 6.07) is 7.44. The van der Waals surface area contributed by atoms with E-state index >= 15 is 0 Å². The number of hydrogen-bond donors (Lipinski definition) is 3. The van der Waals surface area contributed by atoms with Crippen LogP contribution in [0.15, 0.2) is 91.3 Å². The molecule has 4 heteroatoms. The highest BCUT2D eigenvalue weighted by molar-refractivity contribution is 5.99. The fourth-order valence-corrected chi connectivity index (χ4v) is 2.39. The van der Waals surface area contributed by atoms with Crippen molar-refractivity contribution < 1.29 is 9.90 Å². The lowest BCUT2D eigenvalue weighted by molar-refractivity contribution is -0.110. The lowest BCUT2D eigenvalue weighted by atomic mass is 9.95. The summed E-state index contributed by atoms with van der Waals surface area (Å²) >= 11 is 0. The quantitative estimate of drug-likeness (QED) is 0.356. The summed E-state index contributed by atoms with van der Waals surface area (Å²) in [7, 11) is 0. The second-order valence-electron chi connectivity index (χ2n) is 5.55. The van der Waals surface area contributed by atoms with E-state index in [1.54, 1.807) is 18.2 Å². The van der Waals surface area contributed by atoms with Crippen LogP contribution in [0.25, 0.3) is 5.57 Å². The van der Waals surface area contributed by atoms with Gasteiger partial charge in [0.25, 0.3) is 0 Å². The molecule has 1 aromatic rings. The van der Waals surface area contributed by atoms with E-state index in [-0.39, 0.29) is 11.5 Å². The summed E-state index contributed by atoms with van der Waals surface area (Å²) in [6.07, 6.45) is 11.2. The summed E-state index contributed by atoms with van der Waals surface area (Å²) in [5.74, 6) is 1.83. The molecule has 0 aliphatic rings. The Labute approximate surface area is 160 Å². The summed E-state index contributed by atoms with van der Waals surface area (Å²) in [4.78, 5) is 11.6. The molecule has 0 radical (unpaired) electrons. The summed E-state index contributed by atoms with van der Waals surface area (Å²) < 4.78 is 0. The molecule has 0 bridgehead atoms. The molecule has 1 atom stereocenters. The Bertz CT molecular complexity index is 880. The number of aliphatic hydroxyl groups is 1. The molecule has 27 heavy (non-hydrogen) atoms. The molecular formula is C23H24N2O2. The van der Waals surface area contributed by atoms with Crippen LogP contribution in [0.1, 0.15) is 12.5 Å². The predicted molar refractivity (Wildman–Crippen MR) is 113 cm³/mol. The number of terminal acetylenes is 1. The molecule has 0 saturated heterocycles. The van der Waals surface area contributed by atoms with Gasteiger partial charge >= 0.3 is 0 Å². The SMILES string of the molecule is C#CC(O)/C(=C/C(=O)C=C)Nc1cccc(/C(C)=C(C=C)/C(C=C)=C\N)c1. The number of hydrogen-bond acceptors (Lipinski definition) is 4. The van der Waals surface area contributed by atoms with Crippen molar-refractivity contribution in [3.8, 4) is 12.3 Å². The number of allylic oxidation sites excluding steroid dienone is 7. The molecule has 1 unspecified atom stereocenters. The van der Waals surface area contributed by atoms with Crippen LogP contribution >= 0.6 is 0 Å². The van der Waals surface area contributed by atoms with Gasteiger partial charge in [-0.05, 0) is 47.4 Å². The smallest absolute Gasteiger partial charge is 0.179 e. The molecule has 4 N–H and O–H groups in total. The zero-order valence-corrected chi connectivity index (χ0v) is 15.4. The van der Waals surface area contributed by atoms with Gasteiger partial charge in [0.05, 0.1) is 5.70 Å². The van der Waals surface area contributed by atoms with Gasteiger partial charge in [-0.1, -0.05) is 49.9 Å². The van der Waals surface area contributed by atoms with E-state index in [1.807, 2.05) is 25.1 Å². The van der Waals surface area contributed by atoms with Crippen LogP contribution in [0.5, 0.6) is 0 Å². The third-order valence-electron chi connectivity index (χ3n) is 3.85. The van der Waals surface area contributed by atoms with Gasteiger partial charge < -0.3 is 16.2 Å². The van der Waals surface area contributed by atoms with E-state index in [4.69, 9.17) is 12.2 Å². The van der Waals surface area contributed by atoms with Gasteiger partial charge in [0.2, 0.25) is 0 Å². The molecule has 0 spiro atoms. The Kier molecular flexibility index (Phi) is 8.31. The number of nitrogens with two attached hydrogens (primary N) is 1. The first-order valence-electron chi connectivity index (χ1n) is 8.19. The third-order valence-corrected chi connectivity index (χ3v) is 3.85. The Morgan fingerprint density at radius 3 is 2.52 bits per heavy atom. The van der Waals surface area contributed by atoms with Crippen molar-refractivity contribution in [3.63, 3.8) is 0 Å². The molecule has 0 heterocycles. The van der Waals surface area contributed by atoms with Crippen LogP contribution in [0.3, 0.4) is 0 Å². The topological polar surface area (TPSA) is 75.3 Å². The van der Waals surface area contributed by atoms with E-state index in [2.05, 4.69) is 31.0 Å². The van der Waals surface area contributed by atoms with Gasteiger partial charge in [-0.3, -0.25) is 4.79 Å². The van der Waals surface area contributed by atoms with Crippen molar-refractivity contribution in [1.29, 1.82) is 0 Å². The normalized spacial score (nSPS) is 13.7. The monoisotopic (exact) mass is 360 g/mol. The van der Waals surface area contributed by atoms with Crippen LogP contribution in [-0.2, 0) is 4.79 Å². The second kappa shape index (κ2) is 10.4. The third kappa shape index (κ3) is 5.74. The minimum atomic E-state index is -1.24. The average Bonchev–Trinajstić information content (AvgIpc) is 2.70. The maximum Gasteiger partial charge on any atom is 0.179 e. The maximum absolute atomic E-state index is 11.6. The van der Waals surface area contributed by atoms with Gasteiger partial charge in [0, 0.05) is 18.0 Å². The first-order valence-corrected chi connectivity index (χ1v) is 8.19.